The first kappa shape index (κ1) is 12.5. The van der Waals surface area contributed by atoms with E-state index in [4.69, 9.17) is 19.8 Å². The summed E-state index contributed by atoms with van der Waals surface area (Å²) < 4.78 is 0. The van der Waals surface area contributed by atoms with Crippen LogP contribution in [0, 0.1) is 0 Å². The Kier molecular flexibility index (Phi) is 4.04. The van der Waals surface area contributed by atoms with Gasteiger partial charge in [0.05, 0.1) is 10.7 Å². The van der Waals surface area contributed by atoms with Crippen LogP contribution in [-0.2, 0) is 14.4 Å². The molecule has 0 fully saturated rings. The largest absolute Gasteiger partial charge is 0.473 e. The summed E-state index contributed by atoms with van der Waals surface area (Å²) in [6, 6.07) is 7.37. The van der Waals surface area contributed by atoms with Crippen molar-refractivity contribution in [1.29, 1.82) is 0 Å². The van der Waals surface area contributed by atoms with Crippen LogP contribution in [0.25, 0.3) is 0 Å². The van der Waals surface area contributed by atoms with Crippen molar-refractivity contribution >= 4 is 17.8 Å². The maximum Gasteiger partial charge on any atom is 0.414 e. The molecule has 0 saturated heterocycles. The number of hydrogen-bond donors (Lipinski definition) is 2. The molecule has 1 aliphatic rings. The second kappa shape index (κ2) is 5.50. The van der Waals surface area contributed by atoms with E-state index in [1.54, 1.807) is 6.07 Å². The van der Waals surface area contributed by atoms with Crippen molar-refractivity contribution in [2.24, 2.45) is 9.98 Å². The number of nitrogens with zero attached hydrogens (tertiary/aromatic N) is 2. The Hall–Kier alpha value is -2.57. The predicted octanol–water partition coefficient (Wildman–Crippen LogP) is -1.38. The molecule has 1 aromatic carbocycles. The van der Waals surface area contributed by atoms with E-state index in [2.05, 4.69) is 9.98 Å². The van der Waals surface area contributed by atoms with Crippen molar-refractivity contribution < 1.29 is 24.6 Å². The Bertz CT molecular complexity index is 567. The smallest absolute Gasteiger partial charge is 0.414 e. The van der Waals surface area contributed by atoms with Crippen LogP contribution in [0.2, 0.25) is 0 Å². The number of carboxylic acid groups (broad SMARTS) is 2. The Morgan fingerprint density at radius 1 is 1.06 bits per heavy atom. The first-order valence-corrected chi connectivity index (χ1v) is 4.48. The number of fused-ring (bicyclic) bond motifs is 1. The Morgan fingerprint density at radius 2 is 1.59 bits per heavy atom. The number of para-hydroxylation sites is 2. The third kappa shape index (κ3) is 3.82. The van der Waals surface area contributed by atoms with Gasteiger partial charge in [-0.25, -0.2) is 14.6 Å². The van der Waals surface area contributed by atoms with Crippen LogP contribution in [0.1, 0.15) is 0 Å². The molecule has 0 aliphatic carbocycles. The van der Waals surface area contributed by atoms with E-state index >= 15 is 0 Å². The molecule has 0 bridgehead atoms. The normalized spacial score (nSPS) is 12.1. The number of rotatable bonds is 0. The zero-order valence-electron chi connectivity index (χ0n) is 8.53. The molecule has 0 spiro atoms. The molecule has 2 rings (SSSR count). The number of carbonyl (C=O) groups is 3. The molecule has 88 valence electrons. The van der Waals surface area contributed by atoms with Crippen molar-refractivity contribution in [3.8, 4) is 0 Å². The third-order valence-corrected chi connectivity index (χ3v) is 1.69. The third-order valence-electron chi connectivity index (χ3n) is 1.69. The minimum atomic E-state index is -1.82. The minimum absolute atomic E-state index is 0.163. The van der Waals surface area contributed by atoms with Crippen molar-refractivity contribution in [2.45, 2.75) is 0 Å². The van der Waals surface area contributed by atoms with E-state index in [0.29, 0.717) is 5.36 Å². The molecule has 1 aliphatic heterocycles. The SMILES string of the molecule is O=C(O)C(=O)O.O=C1CN=c2ccccc2=N1. The van der Waals surface area contributed by atoms with Crippen LogP contribution < -0.4 is 10.7 Å². The van der Waals surface area contributed by atoms with Gasteiger partial charge in [0, 0.05) is 0 Å². The van der Waals surface area contributed by atoms with Crippen molar-refractivity contribution in [1.82, 2.24) is 0 Å². The molecule has 0 aromatic heterocycles. The summed E-state index contributed by atoms with van der Waals surface area (Å²) in [7, 11) is 0. The fourth-order valence-corrected chi connectivity index (χ4v) is 1.01. The van der Waals surface area contributed by atoms with Crippen LogP contribution in [-0.4, -0.2) is 34.6 Å². The summed E-state index contributed by atoms with van der Waals surface area (Å²) in [6.45, 7) is 0.191. The Labute approximate surface area is 94.8 Å². The lowest BCUT2D eigenvalue weighted by atomic mass is 10.3. The van der Waals surface area contributed by atoms with Crippen molar-refractivity contribution in [2.75, 3.05) is 6.54 Å². The van der Waals surface area contributed by atoms with Gasteiger partial charge >= 0.3 is 11.9 Å². The molecule has 1 amide bonds. The van der Waals surface area contributed by atoms with E-state index in [0.717, 1.165) is 5.36 Å². The van der Waals surface area contributed by atoms with Gasteiger partial charge in [-0.15, -0.1) is 0 Å². The first-order valence-electron chi connectivity index (χ1n) is 4.48. The topological polar surface area (TPSA) is 116 Å². The van der Waals surface area contributed by atoms with Gasteiger partial charge < -0.3 is 10.2 Å². The number of hydrogen-bond acceptors (Lipinski definition) is 4. The van der Waals surface area contributed by atoms with Gasteiger partial charge in [-0.3, -0.25) is 9.79 Å². The first-order chi connectivity index (χ1) is 8.00. The second-order valence-electron chi connectivity index (χ2n) is 2.92. The molecule has 2 N–H and O–H groups in total. The van der Waals surface area contributed by atoms with Gasteiger partial charge in [-0.2, -0.15) is 0 Å². The highest BCUT2D eigenvalue weighted by Gasteiger charge is 2.04. The van der Waals surface area contributed by atoms with E-state index in [-0.39, 0.29) is 12.5 Å². The molecule has 1 heterocycles. The van der Waals surface area contributed by atoms with E-state index in [1.165, 1.54) is 0 Å². The second-order valence-corrected chi connectivity index (χ2v) is 2.92. The summed E-state index contributed by atoms with van der Waals surface area (Å²) in [6.07, 6.45) is 0. The molecular weight excluding hydrogens is 228 g/mol. The molecule has 7 nitrogen and oxygen atoms in total. The molecular formula is C10H8N2O5. The highest BCUT2D eigenvalue weighted by atomic mass is 16.4. The fourth-order valence-electron chi connectivity index (χ4n) is 1.01. The van der Waals surface area contributed by atoms with Crippen molar-refractivity contribution in [3.63, 3.8) is 0 Å². The van der Waals surface area contributed by atoms with E-state index in [1.807, 2.05) is 18.2 Å². The lowest BCUT2D eigenvalue weighted by Gasteiger charge is -1.95. The monoisotopic (exact) mass is 236 g/mol. The Balaban J connectivity index is 0.000000209. The molecule has 0 unspecified atom stereocenters. The van der Waals surface area contributed by atoms with E-state index < -0.39 is 11.9 Å². The zero-order chi connectivity index (χ0) is 12.8. The summed E-state index contributed by atoms with van der Waals surface area (Å²) in [4.78, 5) is 36.8. The van der Waals surface area contributed by atoms with Gasteiger partial charge in [0.2, 0.25) is 0 Å². The van der Waals surface area contributed by atoms with Gasteiger partial charge in [0.1, 0.15) is 6.54 Å². The molecule has 7 heteroatoms. The van der Waals surface area contributed by atoms with Crippen LogP contribution >= 0.6 is 0 Å². The van der Waals surface area contributed by atoms with Gasteiger partial charge in [-0.1, -0.05) is 12.1 Å². The average molecular weight is 236 g/mol. The molecule has 0 atom stereocenters. The molecule has 0 radical (unpaired) electrons. The quantitative estimate of drug-likeness (QED) is 0.538. The van der Waals surface area contributed by atoms with Crippen LogP contribution in [0.15, 0.2) is 34.3 Å². The number of benzene rings is 1. The van der Waals surface area contributed by atoms with Crippen LogP contribution in [0.5, 0.6) is 0 Å². The van der Waals surface area contributed by atoms with Crippen molar-refractivity contribution in [3.05, 3.63) is 35.0 Å². The highest BCUT2D eigenvalue weighted by Crippen LogP contribution is 1.80. The summed E-state index contributed by atoms with van der Waals surface area (Å²) >= 11 is 0. The summed E-state index contributed by atoms with van der Waals surface area (Å²) in [5.41, 5.74) is 0. The predicted molar refractivity (Wildman–Crippen MR) is 53.9 cm³/mol. The van der Waals surface area contributed by atoms with Gasteiger partial charge in [0.15, 0.2) is 0 Å². The molecule has 17 heavy (non-hydrogen) atoms. The highest BCUT2D eigenvalue weighted by molar-refractivity contribution is 6.27. The number of carboxylic acids is 2. The lowest BCUT2D eigenvalue weighted by Crippen LogP contribution is -2.31. The number of amides is 1. The van der Waals surface area contributed by atoms with Gasteiger partial charge in [0.25, 0.3) is 5.91 Å². The van der Waals surface area contributed by atoms with E-state index in [9.17, 15) is 4.79 Å². The standard InChI is InChI=1S/C8H6N2O.C2H2O4/c11-8-5-9-6-3-1-2-4-7(6)10-8;3-1(4)2(5)6/h1-4H,5H2;(H,3,4)(H,5,6). The average Bonchev–Trinajstić information content (AvgIpc) is 2.29. The Morgan fingerprint density at radius 3 is 2.12 bits per heavy atom. The van der Waals surface area contributed by atoms with Crippen LogP contribution in [0.3, 0.4) is 0 Å². The van der Waals surface area contributed by atoms with Gasteiger partial charge in [-0.05, 0) is 12.1 Å². The summed E-state index contributed by atoms with van der Waals surface area (Å²) in [5, 5.41) is 16.3. The number of carbonyl (C=O) groups excluding carboxylic acids is 1. The minimum Gasteiger partial charge on any atom is -0.473 e. The number of aliphatic carboxylic acids is 2. The maximum atomic E-state index is 10.8. The molecule has 0 saturated carbocycles. The summed E-state index contributed by atoms with van der Waals surface area (Å²) in [5.74, 6) is -3.81. The van der Waals surface area contributed by atoms with Crippen LogP contribution in [0.4, 0.5) is 0 Å². The lowest BCUT2D eigenvalue weighted by molar-refractivity contribution is -0.159. The zero-order valence-corrected chi connectivity index (χ0v) is 8.53. The maximum absolute atomic E-state index is 10.8. The fraction of sp³-hybridized carbons (Fsp3) is 0.100. The molecule has 1 aromatic rings.